The Labute approximate surface area is 165 Å². The number of amides is 1. The third-order valence-corrected chi connectivity index (χ3v) is 5.18. The van der Waals surface area contributed by atoms with E-state index >= 15 is 0 Å². The zero-order valence-corrected chi connectivity index (χ0v) is 15.7. The molecule has 2 heterocycles. The van der Waals surface area contributed by atoms with Crippen molar-refractivity contribution >= 4 is 17.5 Å². The van der Waals surface area contributed by atoms with Crippen LogP contribution >= 0.6 is 11.6 Å². The van der Waals surface area contributed by atoms with E-state index in [1.807, 2.05) is 0 Å². The van der Waals surface area contributed by atoms with Gasteiger partial charge in [0, 0.05) is 29.6 Å². The van der Waals surface area contributed by atoms with Crippen LogP contribution in [0.15, 0.2) is 53.3 Å². The largest absolute Gasteiger partial charge is 0.348 e. The molecule has 1 fully saturated rings. The van der Waals surface area contributed by atoms with Gasteiger partial charge in [-0.15, -0.1) is 5.10 Å². The van der Waals surface area contributed by atoms with Gasteiger partial charge in [0.25, 0.3) is 5.91 Å². The molecule has 0 unspecified atom stereocenters. The molecule has 1 aliphatic rings. The minimum absolute atomic E-state index is 0.0497. The predicted molar refractivity (Wildman–Crippen MR) is 103 cm³/mol. The van der Waals surface area contributed by atoms with Crippen LogP contribution in [0.3, 0.4) is 0 Å². The smallest absolute Gasteiger partial charge is 0.339 e. The second-order valence-corrected chi connectivity index (χ2v) is 7.22. The summed E-state index contributed by atoms with van der Waals surface area (Å²) in [7, 11) is 0. The number of nitrogens with one attached hydrogen (secondary N) is 1. The number of H-pyrrole nitrogens is 1. The second kappa shape index (κ2) is 7.59. The molecule has 6 nitrogen and oxygen atoms in total. The molecule has 144 valence electrons. The molecule has 4 rings (SSSR count). The van der Waals surface area contributed by atoms with Gasteiger partial charge in [0.15, 0.2) is 0 Å². The zero-order valence-electron chi connectivity index (χ0n) is 14.9. The highest BCUT2D eigenvalue weighted by atomic mass is 35.5. The fraction of sp³-hybridized carbons (Fsp3) is 0.250. The summed E-state index contributed by atoms with van der Waals surface area (Å²) in [6.45, 7) is 1.14. The minimum Gasteiger partial charge on any atom is -0.339 e. The third kappa shape index (κ3) is 3.71. The van der Waals surface area contributed by atoms with Crippen molar-refractivity contribution in [1.29, 1.82) is 0 Å². The maximum absolute atomic E-state index is 13.1. The lowest BCUT2D eigenvalue weighted by atomic mass is 9.95. The third-order valence-electron chi connectivity index (χ3n) is 4.95. The first-order chi connectivity index (χ1) is 13.5. The molecule has 0 radical (unpaired) electrons. The first kappa shape index (κ1) is 18.4. The van der Waals surface area contributed by atoms with Crippen LogP contribution in [0, 0.1) is 5.82 Å². The van der Waals surface area contributed by atoms with Crippen molar-refractivity contribution in [3.63, 3.8) is 0 Å². The topological polar surface area (TPSA) is 71.0 Å². The van der Waals surface area contributed by atoms with Crippen LogP contribution in [0.25, 0.3) is 5.69 Å². The lowest BCUT2D eigenvalue weighted by Gasteiger charge is -2.31. The standard InChI is InChI=1S/C20H18ClFN4O2/c21-15-3-1-2-14(12-15)19(27)25-10-8-13(9-11-25)18-23-20(28)26(24-18)17-6-4-16(22)5-7-17/h1-7,12-13H,8-11H2,(H,23,24,28). The molecule has 1 amide bonds. The van der Waals surface area contributed by atoms with E-state index in [0.717, 1.165) is 0 Å². The van der Waals surface area contributed by atoms with E-state index in [1.54, 1.807) is 29.2 Å². The Balaban J connectivity index is 1.45. The summed E-state index contributed by atoms with van der Waals surface area (Å²) in [5, 5.41) is 4.91. The molecule has 0 spiro atoms. The van der Waals surface area contributed by atoms with Crippen LogP contribution in [-0.2, 0) is 0 Å². The van der Waals surface area contributed by atoms with Gasteiger partial charge in [-0.1, -0.05) is 17.7 Å². The summed E-state index contributed by atoms with van der Waals surface area (Å²) in [4.78, 5) is 29.4. The van der Waals surface area contributed by atoms with Gasteiger partial charge in [0.2, 0.25) is 0 Å². The maximum atomic E-state index is 13.1. The molecule has 0 aliphatic carbocycles. The highest BCUT2D eigenvalue weighted by Gasteiger charge is 2.27. The monoisotopic (exact) mass is 400 g/mol. The highest BCUT2D eigenvalue weighted by molar-refractivity contribution is 6.30. The lowest BCUT2D eigenvalue weighted by Crippen LogP contribution is -2.38. The van der Waals surface area contributed by atoms with Crippen LogP contribution in [0.4, 0.5) is 4.39 Å². The molecule has 1 aliphatic heterocycles. The van der Waals surface area contributed by atoms with Gasteiger partial charge < -0.3 is 4.90 Å². The van der Waals surface area contributed by atoms with Crippen LogP contribution < -0.4 is 5.69 Å². The number of hydrogen-bond acceptors (Lipinski definition) is 3. The van der Waals surface area contributed by atoms with Crippen LogP contribution in [0.2, 0.25) is 5.02 Å². The van der Waals surface area contributed by atoms with Gasteiger partial charge in [-0.2, -0.15) is 4.68 Å². The number of benzene rings is 2. The Morgan fingerprint density at radius 2 is 1.86 bits per heavy atom. The molecule has 28 heavy (non-hydrogen) atoms. The number of nitrogens with zero attached hydrogens (tertiary/aromatic N) is 3. The van der Waals surface area contributed by atoms with Crippen molar-refractivity contribution in [2.24, 2.45) is 0 Å². The highest BCUT2D eigenvalue weighted by Crippen LogP contribution is 2.26. The quantitative estimate of drug-likeness (QED) is 0.732. The Morgan fingerprint density at radius 1 is 1.14 bits per heavy atom. The number of hydrogen-bond donors (Lipinski definition) is 1. The molecule has 0 bridgehead atoms. The fourth-order valence-corrected chi connectivity index (χ4v) is 3.63. The molecule has 1 aromatic heterocycles. The summed E-state index contributed by atoms with van der Waals surface area (Å²) in [5.74, 6) is 0.220. The zero-order chi connectivity index (χ0) is 19.7. The first-order valence-electron chi connectivity index (χ1n) is 9.01. The van der Waals surface area contributed by atoms with E-state index in [2.05, 4.69) is 10.1 Å². The van der Waals surface area contributed by atoms with Crippen molar-refractivity contribution < 1.29 is 9.18 Å². The Morgan fingerprint density at radius 3 is 2.54 bits per heavy atom. The van der Waals surface area contributed by atoms with Gasteiger partial charge in [0.1, 0.15) is 11.6 Å². The average molecular weight is 401 g/mol. The summed E-state index contributed by atoms with van der Waals surface area (Å²) in [6.07, 6.45) is 1.39. The summed E-state index contributed by atoms with van der Waals surface area (Å²) >= 11 is 5.97. The average Bonchev–Trinajstić information content (AvgIpc) is 3.10. The number of aromatic nitrogens is 3. The Kier molecular flexibility index (Phi) is 5.00. The molecule has 8 heteroatoms. The maximum Gasteiger partial charge on any atom is 0.348 e. The second-order valence-electron chi connectivity index (χ2n) is 6.78. The van der Waals surface area contributed by atoms with E-state index in [9.17, 15) is 14.0 Å². The number of piperidine rings is 1. The van der Waals surface area contributed by atoms with E-state index in [0.29, 0.717) is 48.0 Å². The van der Waals surface area contributed by atoms with E-state index in [-0.39, 0.29) is 23.3 Å². The van der Waals surface area contributed by atoms with Gasteiger partial charge in [-0.25, -0.2) is 9.18 Å². The SMILES string of the molecule is O=C(c1cccc(Cl)c1)N1CCC(c2nn(-c3ccc(F)cc3)c(=O)[nH]2)CC1. The van der Waals surface area contributed by atoms with E-state index < -0.39 is 0 Å². The molecule has 1 saturated heterocycles. The van der Waals surface area contributed by atoms with Crippen molar-refractivity contribution in [3.8, 4) is 5.69 Å². The molecule has 0 atom stereocenters. The molecule has 1 N–H and O–H groups in total. The van der Waals surface area contributed by atoms with Gasteiger partial charge >= 0.3 is 5.69 Å². The summed E-state index contributed by atoms with van der Waals surface area (Å²) < 4.78 is 14.3. The van der Waals surface area contributed by atoms with Crippen LogP contribution in [0.5, 0.6) is 0 Å². The van der Waals surface area contributed by atoms with Crippen molar-refractivity contribution in [1.82, 2.24) is 19.7 Å². The number of aromatic amines is 1. The number of likely N-dealkylation sites (tertiary alicyclic amines) is 1. The number of halogens is 2. The Bertz CT molecular complexity index is 1050. The molecule has 2 aromatic carbocycles. The van der Waals surface area contributed by atoms with Crippen molar-refractivity contribution in [3.05, 3.63) is 81.2 Å². The Hall–Kier alpha value is -2.93. The van der Waals surface area contributed by atoms with E-state index in [1.165, 1.54) is 28.9 Å². The molecule has 0 saturated carbocycles. The number of rotatable bonds is 3. The molecular weight excluding hydrogens is 383 g/mol. The summed E-state index contributed by atoms with van der Waals surface area (Å²) in [6, 6.07) is 12.5. The van der Waals surface area contributed by atoms with Gasteiger partial charge in [-0.3, -0.25) is 9.78 Å². The van der Waals surface area contributed by atoms with Crippen molar-refractivity contribution in [2.75, 3.05) is 13.1 Å². The van der Waals surface area contributed by atoms with Gasteiger partial charge in [-0.05, 0) is 55.3 Å². The molecule has 3 aromatic rings. The number of carbonyl (C=O) groups excluding carboxylic acids is 1. The number of carbonyl (C=O) groups is 1. The lowest BCUT2D eigenvalue weighted by molar-refractivity contribution is 0.0711. The van der Waals surface area contributed by atoms with Crippen LogP contribution in [-0.4, -0.2) is 38.7 Å². The van der Waals surface area contributed by atoms with Crippen molar-refractivity contribution in [2.45, 2.75) is 18.8 Å². The van der Waals surface area contributed by atoms with Gasteiger partial charge in [0.05, 0.1) is 5.69 Å². The molecular formula is C20H18ClFN4O2. The minimum atomic E-state index is -0.371. The fourth-order valence-electron chi connectivity index (χ4n) is 3.44. The van der Waals surface area contributed by atoms with Crippen LogP contribution in [0.1, 0.15) is 34.9 Å². The predicted octanol–water partition coefficient (Wildman–Crippen LogP) is 3.37. The van der Waals surface area contributed by atoms with E-state index in [4.69, 9.17) is 11.6 Å². The summed E-state index contributed by atoms with van der Waals surface area (Å²) in [5.41, 5.74) is 0.710. The first-order valence-corrected chi connectivity index (χ1v) is 9.39. The normalized spacial score (nSPS) is 15.0.